The molecule has 24 heteroatoms. The van der Waals surface area contributed by atoms with E-state index >= 15 is 4.79 Å². The molecule has 4 aliphatic heterocycles. The van der Waals surface area contributed by atoms with E-state index in [4.69, 9.17) is 90.0 Å². The van der Waals surface area contributed by atoms with Crippen LogP contribution < -0.4 is 0 Å². The number of ether oxygens (including phenoxy) is 19. The van der Waals surface area contributed by atoms with Gasteiger partial charge in [0.25, 0.3) is 0 Å². The summed E-state index contributed by atoms with van der Waals surface area (Å²) in [6.07, 6.45) is -25.3. The lowest BCUT2D eigenvalue weighted by Crippen LogP contribution is -2.68. The number of hydrogen-bond acceptors (Lipinski definition) is 24. The summed E-state index contributed by atoms with van der Waals surface area (Å²) in [7, 11) is 6.93. The van der Waals surface area contributed by atoms with E-state index in [1.807, 2.05) is 103 Å². The van der Waals surface area contributed by atoms with E-state index in [1.165, 1.54) is 49.4 Å². The van der Waals surface area contributed by atoms with Crippen LogP contribution in [0.2, 0.25) is 0 Å². The summed E-state index contributed by atoms with van der Waals surface area (Å²) < 4.78 is 121. The van der Waals surface area contributed by atoms with Crippen LogP contribution in [-0.2, 0) is 142 Å². The van der Waals surface area contributed by atoms with Gasteiger partial charge in [0, 0.05) is 55.3 Å². The molecule has 9 rings (SSSR count). The first kappa shape index (κ1) is 70.7. The van der Waals surface area contributed by atoms with E-state index < -0.39 is 153 Å². The second kappa shape index (κ2) is 35.2. The minimum atomic E-state index is -1.72. The number of carbonyl (C=O) groups excluding carboxylic acids is 4. The lowest BCUT2D eigenvalue weighted by atomic mass is 9.90. The number of methoxy groups -OCH3 is 5. The van der Waals surface area contributed by atoms with Crippen LogP contribution in [-0.4, -0.2) is 194 Å². The molecule has 8 unspecified atom stereocenters. The molecule has 0 amide bonds. The predicted octanol–water partition coefficient (Wildman–Crippen LogP) is 6.11. The van der Waals surface area contributed by atoms with Crippen LogP contribution in [0.3, 0.4) is 0 Å². The maximum atomic E-state index is 15.1. The predicted molar refractivity (Wildman–Crippen MR) is 325 cm³/mol. The number of hydrogen-bond donors (Lipinski definition) is 1. The second-order valence-corrected chi connectivity index (χ2v) is 22.7. The van der Waals surface area contributed by atoms with Crippen molar-refractivity contribution in [3.63, 3.8) is 0 Å². The molecule has 0 saturated carbocycles. The summed E-state index contributed by atoms with van der Waals surface area (Å²) in [6, 6.07) is 46.6. The Morgan fingerprint density at radius 3 is 1.26 bits per heavy atom. The third-order valence-electron chi connectivity index (χ3n) is 16.4. The van der Waals surface area contributed by atoms with Gasteiger partial charge in [-0.1, -0.05) is 159 Å². The fourth-order valence-corrected chi connectivity index (χ4v) is 11.7. The fourth-order valence-electron chi connectivity index (χ4n) is 11.7. The van der Waals surface area contributed by atoms with Gasteiger partial charge in [0.2, 0.25) is 0 Å². The minimum Gasteiger partial charge on any atom is -0.463 e. The molecular formula is C69H84O24. The average molecular weight is 1300 g/mol. The third-order valence-corrected chi connectivity index (χ3v) is 16.4. The normalized spacial score (nSPS) is 31.2. The molecule has 0 aliphatic carbocycles. The Morgan fingerprint density at radius 1 is 0.376 bits per heavy atom. The third kappa shape index (κ3) is 18.6. The summed E-state index contributed by atoms with van der Waals surface area (Å²) in [5.41, 5.74) is 3.93. The van der Waals surface area contributed by atoms with Crippen molar-refractivity contribution in [1.82, 2.24) is 0 Å². The number of rotatable bonds is 30. The molecular weight excluding hydrogens is 1210 g/mol. The van der Waals surface area contributed by atoms with Gasteiger partial charge in [-0.2, -0.15) is 0 Å². The van der Waals surface area contributed by atoms with Gasteiger partial charge in [0.1, 0.15) is 99.2 Å². The van der Waals surface area contributed by atoms with Crippen molar-refractivity contribution >= 4 is 23.9 Å². The van der Waals surface area contributed by atoms with Crippen LogP contribution in [0, 0.1) is 5.92 Å². The highest BCUT2D eigenvalue weighted by Crippen LogP contribution is 2.40. The van der Waals surface area contributed by atoms with Gasteiger partial charge in [0.05, 0.1) is 26.4 Å². The number of benzene rings is 5. The Kier molecular flexibility index (Phi) is 26.7. The summed E-state index contributed by atoms with van der Waals surface area (Å²) in [5, 5.41) is 11.5. The smallest absolute Gasteiger partial charge is 0.338 e. The van der Waals surface area contributed by atoms with E-state index in [2.05, 4.69) is 0 Å². The standard InChI is InChI=1S/C69H84O24/c1-41-52(86-43(3)71)53(89-68-61(77-6)55(75-4)51(72)56(91-68)64(73)84-37-47-30-20-12-21-31-47)50(40-81-42(2)70)87-66(41)92-59-57(76-5)62(78-7)69(93-60(59)65(74)85-38-48-32-22-13-23-33-48)90-54-49(39-80-34-44-24-14-9-15-25-44)88-67(79-8)63(83-36-46-28-18-11-19-29-46)58(54)82-35-45-26-16-10-17-27-45/h9-33,41,49-63,66-69,72H,34-40H2,1-8H3/t41?,49?,50-,51-,52?,53+,54+,55-,56?,57?,58-,59-,60+,61?,62?,63?,66+,67-,68+,69+/m0/s1. The monoisotopic (exact) mass is 1300 g/mol. The molecule has 504 valence electrons. The topological polar surface area (TPSA) is 264 Å². The zero-order valence-corrected chi connectivity index (χ0v) is 53.3. The second-order valence-electron chi connectivity index (χ2n) is 22.7. The molecule has 4 heterocycles. The lowest BCUT2D eigenvalue weighted by Gasteiger charge is -2.51. The number of esters is 4. The molecule has 0 spiro atoms. The maximum Gasteiger partial charge on any atom is 0.338 e. The summed E-state index contributed by atoms with van der Waals surface area (Å²) in [5.74, 6) is -4.38. The zero-order chi connectivity index (χ0) is 65.8. The maximum absolute atomic E-state index is 15.1. The molecule has 20 atom stereocenters. The van der Waals surface area contributed by atoms with Crippen molar-refractivity contribution in [2.75, 3.05) is 48.8 Å². The van der Waals surface area contributed by atoms with Crippen molar-refractivity contribution in [3.05, 3.63) is 179 Å². The van der Waals surface area contributed by atoms with Crippen molar-refractivity contribution < 1.29 is 114 Å². The van der Waals surface area contributed by atoms with Gasteiger partial charge >= 0.3 is 23.9 Å². The minimum absolute atomic E-state index is 0.0577. The van der Waals surface area contributed by atoms with Crippen LogP contribution in [0.1, 0.15) is 48.6 Å². The van der Waals surface area contributed by atoms with Crippen LogP contribution in [0.4, 0.5) is 0 Å². The Morgan fingerprint density at radius 2 is 0.785 bits per heavy atom. The molecule has 0 aromatic heterocycles. The number of aliphatic hydroxyl groups is 1. The van der Waals surface area contributed by atoms with Gasteiger partial charge in [-0.15, -0.1) is 0 Å². The molecule has 4 fully saturated rings. The Hall–Kier alpha value is -6.66. The Balaban J connectivity index is 1.05. The number of aliphatic hydroxyl groups excluding tert-OH is 1. The Labute approximate surface area is 540 Å². The van der Waals surface area contributed by atoms with Gasteiger partial charge in [-0.25, -0.2) is 9.59 Å². The number of carbonyl (C=O) groups is 4. The van der Waals surface area contributed by atoms with Crippen molar-refractivity contribution in [3.8, 4) is 0 Å². The molecule has 4 saturated heterocycles. The average Bonchev–Trinajstić information content (AvgIpc) is 0.811. The molecule has 4 aliphatic rings. The van der Waals surface area contributed by atoms with Crippen LogP contribution in [0.15, 0.2) is 152 Å². The van der Waals surface area contributed by atoms with Gasteiger partial charge in [0.15, 0.2) is 37.4 Å². The summed E-state index contributed by atoms with van der Waals surface area (Å²) in [4.78, 5) is 54.9. The van der Waals surface area contributed by atoms with E-state index in [9.17, 15) is 19.5 Å². The highest BCUT2D eigenvalue weighted by molar-refractivity contribution is 5.76. The van der Waals surface area contributed by atoms with E-state index in [0.717, 1.165) is 16.7 Å². The quantitative estimate of drug-likeness (QED) is 0.0401. The first-order valence-corrected chi connectivity index (χ1v) is 30.8. The molecule has 93 heavy (non-hydrogen) atoms. The molecule has 5 aromatic rings. The fraction of sp³-hybridized carbons (Fsp3) is 0.507. The van der Waals surface area contributed by atoms with Crippen molar-refractivity contribution in [2.24, 2.45) is 5.92 Å². The first-order valence-electron chi connectivity index (χ1n) is 30.8. The molecule has 24 nitrogen and oxygen atoms in total. The SMILES string of the molecule is COC1C(OC)[C@H](O[C@H]2O[C@@H](COC(C)=O)[C@@H](O[C@@H]3OC(C(=O)OCc4ccccc4)[C@@H](O)[C@H](OC)C3OC)C(OC(C)=O)C2C)[C@H](C(=O)OCc2ccccc2)O[C@H]1O[C@@H]1C(COCc2ccccc2)O[C@H](OC)C(OCc2ccccc2)[C@H]1OCc1ccccc1. The largest absolute Gasteiger partial charge is 0.463 e. The van der Waals surface area contributed by atoms with E-state index in [1.54, 1.807) is 55.5 Å². The lowest BCUT2D eigenvalue weighted by molar-refractivity contribution is -0.385. The van der Waals surface area contributed by atoms with Gasteiger partial charge in [-0.3, -0.25) is 9.59 Å². The Bertz CT molecular complexity index is 3040. The van der Waals surface area contributed by atoms with E-state index in [0.29, 0.717) is 11.1 Å². The molecule has 5 aromatic carbocycles. The van der Waals surface area contributed by atoms with Crippen LogP contribution in [0.25, 0.3) is 0 Å². The highest BCUT2D eigenvalue weighted by Gasteiger charge is 2.59. The van der Waals surface area contributed by atoms with Crippen LogP contribution >= 0.6 is 0 Å². The van der Waals surface area contributed by atoms with Crippen molar-refractivity contribution in [1.29, 1.82) is 0 Å². The van der Waals surface area contributed by atoms with Crippen molar-refractivity contribution in [2.45, 2.75) is 171 Å². The van der Waals surface area contributed by atoms with Crippen LogP contribution in [0.5, 0.6) is 0 Å². The van der Waals surface area contributed by atoms with E-state index in [-0.39, 0.29) is 39.6 Å². The highest BCUT2D eigenvalue weighted by atomic mass is 16.8. The first-order chi connectivity index (χ1) is 45.2. The molecule has 1 N–H and O–H groups in total. The molecule has 0 bridgehead atoms. The summed E-state index contributed by atoms with van der Waals surface area (Å²) in [6.45, 7) is 3.49. The zero-order valence-electron chi connectivity index (χ0n) is 53.3. The summed E-state index contributed by atoms with van der Waals surface area (Å²) >= 11 is 0. The van der Waals surface area contributed by atoms with Gasteiger partial charge in [-0.05, 0) is 27.8 Å². The molecule has 0 radical (unpaired) electrons. The van der Waals surface area contributed by atoms with Gasteiger partial charge < -0.3 is 95.1 Å².